The average Bonchev–Trinajstić information content (AvgIpc) is 2.38. The van der Waals surface area contributed by atoms with Gasteiger partial charge in [-0.05, 0) is 18.1 Å². The summed E-state index contributed by atoms with van der Waals surface area (Å²) in [5, 5.41) is 11.4. The minimum absolute atomic E-state index is 0.0385. The van der Waals surface area contributed by atoms with E-state index in [1.807, 2.05) is 37.3 Å². The zero-order valence-corrected chi connectivity index (χ0v) is 10.7. The first kappa shape index (κ1) is 12.6. The van der Waals surface area contributed by atoms with Gasteiger partial charge in [0, 0.05) is 11.8 Å². The molecule has 18 heavy (non-hydrogen) atoms. The second-order valence-electron chi connectivity index (χ2n) is 3.85. The molecule has 0 amide bonds. The summed E-state index contributed by atoms with van der Waals surface area (Å²) in [7, 11) is 0. The highest BCUT2D eigenvalue weighted by molar-refractivity contribution is 7.98. The van der Waals surface area contributed by atoms with E-state index in [1.54, 1.807) is 17.8 Å². The van der Waals surface area contributed by atoms with Gasteiger partial charge in [0.15, 0.2) is 0 Å². The van der Waals surface area contributed by atoms with Crippen LogP contribution in [-0.4, -0.2) is 9.91 Å². The van der Waals surface area contributed by atoms with E-state index in [-0.39, 0.29) is 5.69 Å². The van der Waals surface area contributed by atoms with Gasteiger partial charge in [-0.3, -0.25) is 10.1 Å². The molecule has 2 aromatic rings. The normalized spacial score (nSPS) is 10.3. The Labute approximate surface area is 109 Å². The van der Waals surface area contributed by atoms with Crippen LogP contribution >= 0.6 is 11.8 Å². The van der Waals surface area contributed by atoms with Crippen molar-refractivity contribution in [1.29, 1.82) is 0 Å². The van der Waals surface area contributed by atoms with Gasteiger partial charge in [-0.25, -0.2) is 4.98 Å². The van der Waals surface area contributed by atoms with E-state index < -0.39 is 4.92 Å². The molecule has 1 aromatic heterocycles. The molecule has 0 saturated heterocycles. The Hall–Kier alpha value is -1.88. The third kappa shape index (κ3) is 3.07. The number of hydrogen-bond donors (Lipinski definition) is 0. The number of nitro groups is 1. The number of rotatable bonds is 4. The second kappa shape index (κ2) is 5.64. The first-order valence-electron chi connectivity index (χ1n) is 5.44. The maximum atomic E-state index is 10.6. The van der Waals surface area contributed by atoms with Crippen molar-refractivity contribution >= 4 is 17.4 Å². The zero-order chi connectivity index (χ0) is 13.0. The summed E-state index contributed by atoms with van der Waals surface area (Å²) in [6.07, 6.45) is 1.31. The maximum Gasteiger partial charge on any atom is 0.287 e. The van der Waals surface area contributed by atoms with E-state index in [0.29, 0.717) is 0 Å². The lowest BCUT2D eigenvalue weighted by atomic mass is 10.2. The van der Waals surface area contributed by atoms with Crippen molar-refractivity contribution in [3.05, 3.63) is 63.8 Å². The molecule has 1 heterocycles. The van der Waals surface area contributed by atoms with E-state index in [9.17, 15) is 10.1 Å². The van der Waals surface area contributed by atoms with Gasteiger partial charge in [-0.1, -0.05) is 30.3 Å². The zero-order valence-electron chi connectivity index (χ0n) is 9.87. The molecule has 5 heteroatoms. The van der Waals surface area contributed by atoms with Gasteiger partial charge in [0.25, 0.3) is 5.69 Å². The van der Waals surface area contributed by atoms with E-state index in [0.717, 1.165) is 16.3 Å². The van der Waals surface area contributed by atoms with E-state index >= 15 is 0 Å². The van der Waals surface area contributed by atoms with Gasteiger partial charge in [0.05, 0.1) is 9.95 Å². The Balaban J connectivity index is 2.08. The van der Waals surface area contributed by atoms with Crippen LogP contribution in [0.1, 0.15) is 11.1 Å². The molecule has 0 unspecified atom stereocenters. The van der Waals surface area contributed by atoms with Crippen LogP contribution in [-0.2, 0) is 5.75 Å². The predicted octanol–water partition coefficient (Wildman–Crippen LogP) is 3.59. The molecule has 0 atom stereocenters. The molecular weight excluding hydrogens is 248 g/mol. The molecule has 0 saturated carbocycles. The number of benzene rings is 1. The molecule has 0 N–H and O–H groups in total. The topological polar surface area (TPSA) is 56.0 Å². The minimum Gasteiger partial charge on any atom is -0.258 e. The number of thioether (sulfide) groups is 1. The van der Waals surface area contributed by atoms with Crippen LogP contribution in [0.3, 0.4) is 0 Å². The molecule has 0 aliphatic heterocycles. The van der Waals surface area contributed by atoms with Crippen LogP contribution in [0, 0.1) is 17.0 Å². The van der Waals surface area contributed by atoms with Gasteiger partial charge < -0.3 is 0 Å². The minimum atomic E-state index is -0.425. The SMILES string of the molecule is Cc1cc([N+](=O)[O-])cnc1SCc1ccccc1. The summed E-state index contributed by atoms with van der Waals surface area (Å²) in [5.41, 5.74) is 2.09. The molecular formula is C13H12N2O2S. The van der Waals surface area contributed by atoms with Gasteiger partial charge in [-0.2, -0.15) is 0 Å². The molecule has 92 valence electrons. The van der Waals surface area contributed by atoms with Crippen molar-refractivity contribution in [3.8, 4) is 0 Å². The Morgan fingerprint density at radius 1 is 1.33 bits per heavy atom. The molecule has 0 aliphatic rings. The Bertz CT molecular complexity index is 558. The molecule has 0 aliphatic carbocycles. The van der Waals surface area contributed by atoms with Crippen LogP contribution < -0.4 is 0 Å². The lowest BCUT2D eigenvalue weighted by molar-refractivity contribution is -0.385. The lowest BCUT2D eigenvalue weighted by Gasteiger charge is -2.04. The third-order valence-corrected chi connectivity index (χ3v) is 3.62. The highest BCUT2D eigenvalue weighted by Crippen LogP contribution is 2.26. The highest BCUT2D eigenvalue weighted by Gasteiger charge is 2.09. The van der Waals surface area contributed by atoms with Crippen LogP contribution in [0.2, 0.25) is 0 Å². The molecule has 0 radical (unpaired) electrons. The number of nitrogens with zero attached hydrogens (tertiary/aromatic N) is 2. The smallest absolute Gasteiger partial charge is 0.258 e. The summed E-state index contributed by atoms with van der Waals surface area (Å²) in [6, 6.07) is 11.6. The van der Waals surface area contributed by atoms with Crippen molar-refractivity contribution < 1.29 is 4.92 Å². The number of aromatic nitrogens is 1. The predicted molar refractivity (Wildman–Crippen MR) is 71.6 cm³/mol. The van der Waals surface area contributed by atoms with Crippen molar-refractivity contribution in [2.45, 2.75) is 17.7 Å². The Morgan fingerprint density at radius 3 is 2.67 bits per heavy atom. The van der Waals surface area contributed by atoms with Gasteiger partial charge in [-0.15, -0.1) is 11.8 Å². The van der Waals surface area contributed by atoms with Gasteiger partial charge in [0.1, 0.15) is 6.20 Å². The first-order chi connectivity index (χ1) is 8.66. The fourth-order valence-corrected chi connectivity index (χ4v) is 2.43. The quantitative estimate of drug-likeness (QED) is 0.479. The molecule has 0 spiro atoms. The monoisotopic (exact) mass is 260 g/mol. The summed E-state index contributed by atoms with van der Waals surface area (Å²) in [5.74, 6) is 0.812. The number of hydrogen-bond acceptors (Lipinski definition) is 4. The van der Waals surface area contributed by atoms with Crippen molar-refractivity contribution in [3.63, 3.8) is 0 Å². The summed E-state index contributed by atoms with van der Waals surface area (Å²) in [6.45, 7) is 1.84. The molecule has 4 nitrogen and oxygen atoms in total. The van der Waals surface area contributed by atoms with E-state index in [1.165, 1.54) is 11.8 Å². The highest BCUT2D eigenvalue weighted by atomic mass is 32.2. The van der Waals surface area contributed by atoms with Crippen LogP contribution in [0.25, 0.3) is 0 Å². The standard InChI is InChI=1S/C13H12N2O2S/c1-10-7-12(15(16)17)8-14-13(10)18-9-11-5-3-2-4-6-11/h2-8H,9H2,1H3. The fourth-order valence-electron chi connectivity index (χ4n) is 1.52. The Kier molecular flexibility index (Phi) is 3.94. The largest absolute Gasteiger partial charge is 0.287 e. The van der Waals surface area contributed by atoms with Crippen molar-refractivity contribution in [2.24, 2.45) is 0 Å². The number of aryl methyl sites for hydroxylation is 1. The molecule has 0 bridgehead atoms. The fraction of sp³-hybridized carbons (Fsp3) is 0.154. The molecule has 2 rings (SSSR count). The lowest BCUT2D eigenvalue weighted by Crippen LogP contribution is -1.93. The van der Waals surface area contributed by atoms with E-state index in [4.69, 9.17) is 0 Å². The van der Waals surface area contributed by atoms with Crippen molar-refractivity contribution in [2.75, 3.05) is 0 Å². The average molecular weight is 260 g/mol. The van der Waals surface area contributed by atoms with E-state index in [2.05, 4.69) is 4.98 Å². The van der Waals surface area contributed by atoms with Crippen LogP contribution in [0.4, 0.5) is 5.69 Å². The molecule has 1 aromatic carbocycles. The maximum absolute atomic E-state index is 10.6. The summed E-state index contributed by atoms with van der Waals surface area (Å²) < 4.78 is 0. The second-order valence-corrected chi connectivity index (χ2v) is 4.81. The third-order valence-electron chi connectivity index (χ3n) is 2.45. The first-order valence-corrected chi connectivity index (χ1v) is 6.43. The Morgan fingerprint density at radius 2 is 2.06 bits per heavy atom. The van der Waals surface area contributed by atoms with Gasteiger partial charge in [0.2, 0.25) is 0 Å². The molecule has 0 fully saturated rings. The van der Waals surface area contributed by atoms with Gasteiger partial charge >= 0.3 is 0 Å². The van der Waals surface area contributed by atoms with Crippen LogP contribution in [0.15, 0.2) is 47.6 Å². The summed E-state index contributed by atoms with van der Waals surface area (Å²) >= 11 is 1.59. The summed E-state index contributed by atoms with van der Waals surface area (Å²) in [4.78, 5) is 14.3. The van der Waals surface area contributed by atoms with Crippen LogP contribution in [0.5, 0.6) is 0 Å². The number of pyridine rings is 1. The van der Waals surface area contributed by atoms with Crippen molar-refractivity contribution in [1.82, 2.24) is 4.98 Å².